The molecule has 0 saturated carbocycles. The van der Waals surface area contributed by atoms with Crippen molar-refractivity contribution in [3.05, 3.63) is 33.8 Å². The van der Waals surface area contributed by atoms with Crippen LogP contribution in [0.3, 0.4) is 0 Å². The van der Waals surface area contributed by atoms with Gasteiger partial charge in [-0.25, -0.2) is 0 Å². The molecule has 2 atom stereocenters. The third kappa shape index (κ3) is 2.47. The average Bonchev–Trinajstić information content (AvgIpc) is 2.85. The van der Waals surface area contributed by atoms with Gasteiger partial charge in [-0.15, -0.1) is 0 Å². The zero-order chi connectivity index (χ0) is 13.4. The monoisotopic (exact) mass is 298 g/mol. The maximum absolute atomic E-state index is 12.6. The van der Waals surface area contributed by atoms with E-state index in [-0.39, 0.29) is 5.91 Å². The van der Waals surface area contributed by atoms with Gasteiger partial charge in [-0.3, -0.25) is 4.79 Å². The predicted molar refractivity (Wildman–Crippen MR) is 76.8 cm³/mol. The van der Waals surface area contributed by atoms with Gasteiger partial charge in [-0.2, -0.15) is 0 Å². The van der Waals surface area contributed by atoms with Crippen LogP contribution in [0.2, 0.25) is 10.0 Å². The Hall–Kier alpha value is -0.770. The van der Waals surface area contributed by atoms with Crippen molar-refractivity contribution in [1.82, 2.24) is 10.2 Å². The normalized spacial score (nSPS) is 26.3. The number of nitrogens with zero attached hydrogens (tertiary/aromatic N) is 1. The number of hydrogen-bond donors (Lipinski definition) is 1. The van der Waals surface area contributed by atoms with E-state index in [0.29, 0.717) is 27.4 Å². The SMILES string of the molecule is O=C(c1c(Cl)cccc1Cl)N1CCC2CNCC2C1. The Morgan fingerprint density at radius 2 is 1.89 bits per heavy atom. The first-order valence-corrected chi connectivity index (χ1v) is 7.36. The number of amides is 1. The Labute approximate surface area is 122 Å². The number of halogens is 2. The second-order valence-electron chi connectivity index (χ2n) is 5.31. The Bertz CT molecular complexity index is 486. The average molecular weight is 299 g/mol. The number of fused-ring (bicyclic) bond motifs is 1. The van der Waals surface area contributed by atoms with E-state index in [2.05, 4.69) is 5.32 Å². The Morgan fingerprint density at radius 3 is 2.63 bits per heavy atom. The molecule has 1 aromatic carbocycles. The number of benzene rings is 1. The van der Waals surface area contributed by atoms with Gasteiger partial charge in [0.25, 0.3) is 5.91 Å². The number of likely N-dealkylation sites (tertiary alicyclic amines) is 1. The molecule has 0 spiro atoms. The van der Waals surface area contributed by atoms with Crippen molar-refractivity contribution < 1.29 is 4.79 Å². The van der Waals surface area contributed by atoms with Gasteiger partial charge in [0.2, 0.25) is 0 Å². The predicted octanol–water partition coefficient (Wildman–Crippen LogP) is 2.67. The summed E-state index contributed by atoms with van der Waals surface area (Å²) in [4.78, 5) is 14.5. The van der Waals surface area contributed by atoms with Crippen LogP contribution in [0.15, 0.2) is 18.2 Å². The van der Waals surface area contributed by atoms with E-state index >= 15 is 0 Å². The molecule has 3 rings (SSSR count). The molecule has 2 saturated heterocycles. The van der Waals surface area contributed by atoms with Crippen LogP contribution in [0.4, 0.5) is 0 Å². The lowest BCUT2D eigenvalue weighted by molar-refractivity contribution is 0.0643. The van der Waals surface area contributed by atoms with E-state index in [1.54, 1.807) is 18.2 Å². The number of nitrogens with one attached hydrogen (secondary N) is 1. The number of rotatable bonds is 1. The van der Waals surface area contributed by atoms with E-state index in [1.807, 2.05) is 4.90 Å². The lowest BCUT2D eigenvalue weighted by Crippen LogP contribution is -2.43. The summed E-state index contributed by atoms with van der Waals surface area (Å²) < 4.78 is 0. The van der Waals surface area contributed by atoms with E-state index in [4.69, 9.17) is 23.2 Å². The van der Waals surface area contributed by atoms with E-state index in [0.717, 1.165) is 32.6 Å². The molecule has 2 fully saturated rings. The van der Waals surface area contributed by atoms with Gasteiger partial charge < -0.3 is 10.2 Å². The number of carbonyl (C=O) groups is 1. The minimum absolute atomic E-state index is 0.0408. The van der Waals surface area contributed by atoms with Gasteiger partial charge in [0.1, 0.15) is 0 Å². The van der Waals surface area contributed by atoms with Crippen LogP contribution < -0.4 is 5.32 Å². The van der Waals surface area contributed by atoms with Crippen LogP contribution in [0.1, 0.15) is 16.8 Å². The Kier molecular flexibility index (Phi) is 3.70. The molecular weight excluding hydrogens is 283 g/mol. The van der Waals surface area contributed by atoms with Crippen LogP contribution in [0.5, 0.6) is 0 Å². The maximum atomic E-state index is 12.6. The smallest absolute Gasteiger partial charge is 0.256 e. The lowest BCUT2D eigenvalue weighted by atomic mass is 9.88. The summed E-state index contributed by atoms with van der Waals surface area (Å²) in [5.41, 5.74) is 0.440. The van der Waals surface area contributed by atoms with Gasteiger partial charge in [0.05, 0.1) is 15.6 Å². The number of hydrogen-bond acceptors (Lipinski definition) is 2. The quantitative estimate of drug-likeness (QED) is 0.864. The lowest BCUT2D eigenvalue weighted by Gasteiger charge is -2.34. The topological polar surface area (TPSA) is 32.3 Å². The zero-order valence-electron chi connectivity index (χ0n) is 10.5. The molecule has 19 heavy (non-hydrogen) atoms. The molecule has 0 aromatic heterocycles. The third-order valence-electron chi connectivity index (χ3n) is 4.17. The number of carbonyl (C=O) groups excluding carboxylic acids is 1. The Balaban J connectivity index is 1.81. The minimum atomic E-state index is -0.0408. The highest BCUT2D eigenvalue weighted by molar-refractivity contribution is 6.39. The fourth-order valence-corrected chi connectivity index (χ4v) is 3.64. The highest BCUT2D eigenvalue weighted by Gasteiger charge is 2.35. The van der Waals surface area contributed by atoms with Crippen LogP contribution in [-0.4, -0.2) is 37.0 Å². The molecule has 2 unspecified atom stereocenters. The molecule has 5 heteroatoms. The van der Waals surface area contributed by atoms with Gasteiger partial charge >= 0.3 is 0 Å². The summed E-state index contributed by atoms with van der Waals surface area (Å²) in [6.07, 6.45) is 1.06. The van der Waals surface area contributed by atoms with Crippen molar-refractivity contribution in [2.24, 2.45) is 11.8 Å². The Morgan fingerprint density at radius 1 is 1.21 bits per heavy atom. The highest BCUT2D eigenvalue weighted by Crippen LogP contribution is 2.30. The van der Waals surface area contributed by atoms with E-state index in [1.165, 1.54) is 0 Å². The molecule has 1 aromatic rings. The van der Waals surface area contributed by atoms with Gasteiger partial charge in [0.15, 0.2) is 0 Å². The van der Waals surface area contributed by atoms with Crippen molar-refractivity contribution in [1.29, 1.82) is 0 Å². The molecular formula is C14H16Cl2N2O. The van der Waals surface area contributed by atoms with Crippen LogP contribution in [-0.2, 0) is 0 Å². The molecule has 1 amide bonds. The largest absolute Gasteiger partial charge is 0.338 e. The van der Waals surface area contributed by atoms with E-state index in [9.17, 15) is 4.79 Å². The first-order valence-electron chi connectivity index (χ1n) is 6.61. The van der Waals surface area contributed by atoms with Crippen molar-refractivity contribution in [3.8, 4) is 0 Å². The fourth-order valence-electron chi connectivity index (χ4n) is 3.08. The highest BCUT2D eigenvalue weighted by atomic mass is 35.5. The van der Waals surface area contributed by atoms with Crippen LogP contribution >= 0.6 is 23.2 Å². The fraction of sp³-hybridized carbons (Fsp3) is 0.500. The van der Waals surface area contributed by atoms with E-state index < -0.39 is 0 Å². The summed E-state index contributed by atoms with van der Waals surface area (Å²) >= 11 is 12.2. The number of piperidine rings is 1. The minimum Gasteiger partial charge on any atom is -0.338 e. The molecule has 0 bridgehead atoms. The maximum Gasteiger partial charge on any atom is 0.256 e. The second kappa shape index (κ2) is 5.31. The summed E-state index contributed by atoms with van der Waals surface area (Å²) in [7, 11) is 0. The van der Waals surface area contributed by atoms with Crippen molar-refractivity contribution >= 4 is 29.1 Å². The summed E-state index contributed by atoms with van der Waals surface area (Å²) in [5, 5.41) is 4.27. The standard InChI is InChI=1S/C14H16Cl2N2O/c15-11-2-1-3-12(16)13(11)14(19)18-5-4-9-6-17-7-10(9)8-18/h1-3,9-10,17H,4-8H2. The molecule has 2 aliphatic rings. The van der Waals surface area contributed by atoms with Crippen molar-refractivity contribution in [3.63, 3.8) is 0 Å². The van der Waals surface area contributed by atoms with Gasteiger partial charge in [-0.1, -0.05) is 29.3 Å². The molecule has 2 heterocycles. The molecule has 1 N–H and O–H groups in total. The van der Waals surface area contributed by atoms with Gasteiger partial charge in [0, 0.05) is 13.1 Å². The van der Waals surface area contributed by atoms with Crippen molar-refractivity contribution in [2.45, 2.75) is 6.42 Å². The third-order valence-corrected chi connectivity index (χ3v) is 4.80. The first-order chi connectivity index (χ1) is 9.16. The van der Waals surface area contributed by atoms with Crippen molar-refractivity contribution in [2.75, 3.05) is 26.2 Å². The summed E-state index contributed by atoms with van der Waals surface area (Å²) in [5.74, 6) is 1.24. The van der Waals surface area contributed by atoms with Gasteiger partial charge in [-0.05, 0) is 43.5 Å². The summed E-state index contributed by atoms with van der Waals surface area (Å²) in [6.45, 7) is 3.69. The molecule has 0 radical (unpaired) electrons. The van der Waals surface area contributed by atoms with Crippen LogP contribution in [0.25, 0.3) is 0 Å². The second-order valence-corrected chi connectivity index (χ2v) is 6.13. The molecule has 2 aliphatic heterocycles. The molecule has 3 nitrogen and oxygen atoms in total. The summed E-state index contributed by atoms with van der Waals surface area (Å²) in [6, 6.07) is 5.18. The zero-order valence-corrected chi connectivity index (χ0v) is 12.0. The first kappa shape index (κ1) is 13.2. The molecule has 0 aliphatic carbocycles. The van der Waals surface area contributed by atoms with Crippen LogP contribution in [0, 0.1) is 11.8 Å². The molecule has 102 valence electrons.